The molecule has 3 saturated carbocycles. The van der Waals surface area contributed by atoms with E-state index in [2.05, 4.69) is 12.1 Å². The van der Waals surface area contributed by atoms with Crippen molar-refractivity contribution < 1.29 is 14.3 Å². The first-order chi connectivity index (χ1) is 10.7. The lowest BCUT2D eigenvalue weighted by molar-refractivity contribution is -0.157. The maximum absolute atomic E-state index is 12.3. The fraction of sp³-hybridized carbons (Fsp3) is 0.579. The molecule has 4 aliphatic rings. The molecule has 0 aromatic heterocycles. The third kappa shape index (κ3) is 1.42. The van der Waals surface area contributed by atoms with E-state index >= 15 is 0 Å². The Morgan fingerprint density at radius 3 is 2.59 bits per heavy atom. The number of rotatable bonds is 1. The quantitative estimate of drug-likeness (QED) is 0.800. The Labute approximate surface area is 130 Å². The van der Waals surface area contributed by atoms with Gasteiger partial charge in [0.2, 0.25) is 0 Å². The van der Waals surface area contributed by atoms with E-state index < -0.39 is 0 Å². The van der Waals surface area contributed by atoms with E-state index in [1.807, 2.05) is 6.07 Å². The summed E-state index contributed by atoms with van der Waals surface area (Å²) in [4.78, 5) is 24.6. The number of fused-ring (bicyclic) bond motifs is 8. The Morgan fingerprint density at radius 2 is 1.82 bits per heavy atom. The first-order valence-corrected chi connectivity index (χ1v) is 8.41. The minimum absolute atomic E-state index is 0.0532. The van der Waals surface area contributed by atoms with Crippen molar-refractivity contribution in [2.45, 2.75) is 31.6 Å². The van der Waals surface area contributed by atoms with Gasteiger partial charge in [0.05, 0.1) is 7.11 Å². The molecule has 3 nitrogen and oxygen atoms in total. The van der Waals surface area contributed by atoms with Gasteiger partial charge in [0, 0.05) is 24.7 Å². The molecule has 0 spiro atoms. The molecule has 22 heavy (non-hydrogen) atoms. The van der Waals surface area contributed by atoms with Crippen molar-refractivity contribution in [1.82, 2.24) is 0 Å². The number of Topliss-reactive ketones (excluding diaryl/α,β-unsaturated/α-hetero) is 2. The fourth-order valence-electron chi connectivity index (χ4n) is 6.04. The number of benzene rings is 1. The third-order valence-electron chi connectivity index (χ3n) is 6.86. The largest absolute Gasteiger partial charge is 0.497 e. The molecule has 1 aromatic rings. The van der Waals surface area contributed by atoms with Gasteiger partial charge in [-0.1, -0.05) is 6.07 Å². The molecule has 0 amide bonds. The van der Waals surface area contributed by atoms with Crippen LogP contribution in [0.2, 0.25) is 0 Å². The number of methoxy groups -OCH3 is 1. The third-order valence-corrected chi connectivity index (χ3v) is 6.86. The molecule has 0 unspecified atom stereocenters. The second-order valence-corrected chi connectivity index (χ2v) is 7.50. The topological polar surface area (TPSA) is 43.4 Å². The Hall–Kier alpha value is -1.64. The van der Waals surface area contributed by atoms with E-state index in [1.54, 1.807) is 7.11 Å². The van der Waals surface area contributed by atoms with Gasteiger partial charge in [0.25, 0.3) is 0 Å². The minimum atomic E-state index is 0.0532. The summed E-state index contributed by atoms with van der Waals surface area (Å²) in [6.45, 7) is 0. The summed E-state index contributed by atoms with van der Waals surface area (Å²) >= 11 is 0. The number of carbonyl (C=O) groups is 2. The Bertz CT molecular complexity index is 692. The van der Waals surface area contributed by atoms with E-state index in [9.17, 15) is 9.59 Å². The van der Waals surface area contributed by atoms with Crippen molar-refractivity contribution in [2.24, 2.45) is 29.6 Å². The van der Waals surface area contributed by atoms with E-state index in [1.165, 1.54) is 11.1 Å². The smallest absolute Gasteiger partial charge is 0.137 e. The molecule has 0 radical (unpaired) electrons. The molecule has 114 valence electrons. The molecule has 0 aliphatic heterocycles. The zero-order valence-electron chi connectivity index (χ0n) is 12.7. The van der Waals surface area contributed by atoms with Crippen molar-refractivity contribution >= 4 is 11.6 Å². The number of hydrogen-bond acceptors (Lipinski definition) is 3. The fourth-order valence-corrected chi connectivity index (χ4v) is 6.04. The Kier molecular flexibility index (Phi) is 2.46. The van der Waals surface area contributed by atoms with Gasteiger partial charge >= 0.3 is 0 Å². The van der Waals surface area contributed by atoms with E-state index in [-0.39, 0.29) is 11.8 Å². The molecule has 4 aliphatic carbocycles. The van der Waals surface area contributed by atoms with Crippen LogP contribution in [0.1, 0.15) is 36.3 Å². The van der Waals surface area contributed by atoms with E-state index in [0.717, 1.165) is 18.6 Å². The lowest BCUT2D eigenvalue weighted by Gasteiger charge is -2.51. The molecule has 6 atom stereocenters. The zero-order valence-corrected chi connectivity index (χ0v) is 12.7. The normalized spacial score (nSPS) is 41.3. The van der Waals surface area contributed by atoms with Crippen LogP contribution in [-0.2, 0) is 16.0 Å². The van der Waals surface area contributed by atoms with Crippen LogP contribution < -0.4 is 4.74 Å². The lowest BCUT2D eigenvalue weighted by atomic mass is 9.50. The van der Waals surface area contributed by atoms with Crippen molar-refractivity contribution in [3.63, 3.8) is 0 Å². The summed E-state index contributed by atoms with van der Waals surface area (Å²) in [5, 5.41) is 0. The van der Waals surface area contributed by atoms with E-state index in [4.69, 9.17) is 4.74 Å². The van der Waals surface area contributed by atoms with Crippen LogP contribution in [0.15, 0.2) is 18.2 Å². The molecule has 3 heteroatoms. The zero-order chi connectivity index (χ0) is 15.0. The molecule has 3 fully saturated rings. The monoisotopic (exact) mass is 296 g/mol. The summed E-state index contributed by atoms with van der Waals surface area (Å²) < 4.78 is 5.38. The molecule has 0 N–H and O–H groups in total. The molecule has 1 aromatic carbocycles. The summed E-state index contributed by atoms with van der Waals surface area (Å²) in [6.07, 6.45) is 3.15. The standard InChI is InChI=1S/C19H20O3/c1-22-10-3-2-9-6-13-12(11(9)7-10)8-14-17(13)19-16(21)5-4-15(20)18(14)19/h2-3,7,12-14,17-19H,4-6,8H2,1H3/t12-,13+,14+,17-,18+,19+/m1/s1. The van der Waals surface area contributed by atoms with Gasteiger partial charge in [-0.05, 0) is 59.8 Å². The number of ether oxygens (including phenoxy) is 1. The highest BCUT2D eigenvalue weighted by Crippen LogP contribution is 2.67. The number of ketones is 2. The highest BCUT2D eigenvalue weighted by Gasteiger charge is 2.65. The van der Waals surface area contributed by atoms with Gasteiger partial charge in [-0.3, -0.25) is 9.59 Å². The first kappa shape index (κ1) is 12.9. The van der Waals surface area contributed by atoms with Crippen LogP contribution in [-0.4, -0.2) is 18.7 Å². The highest BCUT2D eigenvalue weighted by molar-refractivity contribution is 5.98. The van der Waals surface area contributed by atoms with Crippen molar-refractivity contribution in [1.29, 1.82) is 0 Å². The molecule has 0 saturated heterocycles. The number of carbonyl (C=O) groups excluding carboxylic acids is 2. The maximum atomic E-state index is 12.3. The average Bonchev–Trinajstić information content (AvgIpc) is 2.98. The van der Waals surface area contributed by atoms with Crippen LogP contribution in [0.25, 0.3) is 0 Å². The van der Waals surface area contributed by atoms with Crippen LogP contribution in [0.5, 0.6) is 5.75 Å². The first-order valence-electron chi connectivity index (χ1n) is 8.41. The minimum Gasteiger partial charge on any atom is -0.497 e. The van der Waals surface area contributed by atoms with Crippen LogP contribution >= 0.6 is 0 Å². The highest BCUT2D eigenvalue weighted by atomic mass is 16.5. The number of hydrogen-bond donors (Lipinski definition) is 0. The average molecular weight is 296 g/mol. The molecule has 5 rings (SSSR count). The van der Waals surface area contributed by atoms with Crippen LogP contribution in [0, 0.1) is 29.6 Å². The Morgan fingerprint density at radius 1 is 1.05 bits per heavy atom. The maximum Gasteiger partial charge on any atom is 0.137 e. The summed E-state index contributed by atoms with van der Waals surface area (Å²) in [5.74, 6) is 3.79. The van der Waals surface area contributed by atoms with Gasteiger partial charge in [-0.2, -0.15) is 0 Å². The molecular formula is C19H20O3. The predicted molar refractivity (Wildman–Crippen MR) is 80.8 cm³/mol. The van der Waals surface area contributed by atoms with Gasteiger partial charge in [-0.25, -0.2) is 0 Å². The lowest BCUT2D eigenvalue weighted by Crippen LogP contribution is -2.56. The van der Waals surface area contributed by atoms with Crippen molar-refractivity contribution in [3.05, 3.63) is 29.3 Å². The van der Waals surface area contributed by atoms with Gasteiger partial charge < -0.3 is 4.74 Å². The second kappa shape index (κ2) is 4.21. The molecular weight excluding hydrogens is 276 g/mol. The molecule has 0 bridgehead atoms. The van der Waals surface area contributed by atoms with Gasteiger partial charge in [0.1, 0.15) is 17.3 Å². The van der Waals surface area contributed by atoms with Crippen molar-refractivity contribution in [2.75, 3.05) is 7.11 Å². The Balaban J connectivity index is 1.51. The van der Waals surface area contributed by atoms with Gasteiger partial charge in [-0.15, -0.1) is 0 Å². The predicted octanol–water partition coefficient (Wildman–Crippen LogP) is 2.77. The second-order valence-electron chi connectivity index (χ2n) is 7.50. The van der Waals surface area contributed by atoms with Gasteiger partial charge in [0.15, 0.2) is 0 Å². The van der Waals surface area contributed by atoms with Crippen molar-refractivity contribution in [3.8, 4) is 5.75 Å². The SMILES string of the molecule is COc1ccc2c(c1)[C@H]1C[C@@H]3[C@H]4C(=O)CCC(=O)[C@H]4[C@@H]3[C@H]1C2. The van der Waals surface area contributed by atoms with Crippen LogP contribution in [0.3, 0.4) is 0 Å². The molecule has 0 heterocycles. The summed E-state index contributed by atoms with van der Waals surface area (Å²) in [6, 6.07) is 6.40. The van der Waals surface area contributed by atoms with Crippen LogP contribution in [0.4, 0.5) is 0 Å². The van der Waals surface area contributed by atoms with E-state index in [0.29, 0.717) is 48.1 Å². The summed E-state index contributed by atoms with van der Waals surface area (Å²) in [5.41, 5.74) is 2.84. The summed E-state index contributed by atoms with van der Waals surface area (Å²) in [7, 11) is 1.71.